The van der Waals surface area contributed by atoms with Crippen molar-refractivity contribution in [3.8, 4) is 0 Å². The fraction of sp³-hybridized carbons (Fsp3) is 0.591. The first kappa shape index (κ1) is 21.9. The third-order valence-electron chi connectivity index (χ3n) is 5.42. The summed E-state index contributed by atoms with van der Waals surface area (Å²) >= 11 is 0. The number of likely N-dealkylation sites (N-methyl/N-ethyl adjacent to an activating group) is 1. The normalized spacial score (nSPS) is 21.0. The minimum atomic E-state index is -0.531. The summed E-state index contributed by atoms with van der Waals surface area (Å²) in [6.07, 6.45) is 1.20. The highest BCUT2D eigenvalue weighted by Gasteiger charge is 2.44. The minimum absolute atomic E-state index is 0.0196. The van der Waals surface area contributed by atoms with Crippen LogP contribution in [0.4, 0.5) is 0 Å². The highest BCUT2D eigenvalue weighted by atomic mass is 16.2. The van der Waals surface area contributed by atoms with Crippen LogP contribution in [0.25, 0.3) is 0 Å². The van der Waals surface area contributed by atoms with Gasteiger partial charge < -0.3 is 14.7 Å². The second kappa shape index (κ2) is 9.71. The molecule has 2 rings (SSSR count). The predicted molar refractivity (Wildman–Crippen MR) is 109 cm³/mol. The molecule has 1 saturated heterocycles. The van der Waals surface area contributed by atoms with Gasteiger partial charge in [0.25, 0.3) is 0 Å². The van der Waals surface area contributed by atoms with Crippen molar-refractivity contribution in [3.05, 3.63) is 35.9 Å². The van der Waals surface area contributed by atoms with Gasteiger partial charge >= 0.3 is 0 Å². The third-order valence-corrected chi connectivity index (χ3v) is 5.42. The number of rotatable bonds is 8. The van der Waals surface area contributed by atoms with Crippen molar-refractivity contribution in [1.29, 1.82) is 0 Å². The molecule has 1 aliphatic rings. The highest BCUT2D eigenvalue weighted by Crippen LogP contribution is 2.27. The van der Waals surface area contributed by atoms with Crippen LogP contribution in [0.3, 0.4) is 0 Å². The van der Waals surface area contributed by atoms with Crippen LogP contribution in [0.5, 0.6) is 0 Å². The molecule has 2 unspecified atom stereocenters. The molecule has 0 N–H and O–H groups in total. The van der Waals surface area contributed by atoms with Gasteiger partial charge in [0.15, 0.2) is 0 Å². The van der Waals surface area contributed by atoms with Gasteiger partial charge in [-0.05, 0) is 23.8 Å². The molecule has 3 amide bonds. The maximum absolute atomic E-state index is 13.3. The lowest BCUT2D eigenvalue weighted by Crippen LogP contribution is -2.67. The van der Waals surface area contributed by atoms with Gasteiger partial charge in [0, 0.05) is 20.0 Å². The monoisotopic (exact) mass is 387 g/mol. The van der Waals surface area contributed by atoms with E-state index in [1.54, 1.807) is 18.9 Å². The molecule has 0 bridgehead atoms. The lowest BCUT2D eigenvalue weighted by molar-refractivity contribution is -0.165. The van der Waals surface area contributed by atoms with Crippen LogP contribution in [0.2, 0.25) is 0 Å². The average molecular weight is 388 g/mol. The molecule has 28 heavy (non-hydrogen) atoms. The highest BCUT2D eigenvalue weighted by molar-refractivity contribution is 5.89. The fourth-order valence-corrected chi connectivity index (χ4v) is 3.87. The Balaban J connectivity index is 2.33. The lowest BCUT2D eigenvalue weighted by atomic mass is 9.95. The third kappa shape index (κ3) is 4.91. The topological polar surface area (TPSA) is 60.9 Å². The molecule has 6 heteroatoms. The standard InChI is InChI=1S/C22H33N3O3/c1-6-21(27)25-19(12-16(2)3)22(28)24(14-20(25)23(5)15-26)13-17(4)18-10-8-7-9-11-18/h7-11,15-17,19-20H,6,12-14H2,1-5H3/t17?,19-,20?/m0/s1. The molecule has 6 nitrogen and oxygen atoms in total. The number of piperazine rings is 1. The predicted octanol–water partition coefficient (Wildman–Crippen LogP) is 2.70. The van der Waals surface area contributed by atoms with Crippen molar-refractivity contribution < 1.29 is 14.4 Å². The quantitative estimate of drug-likeness (QED) is 0.645. The molecular formula is C22H33N3O3. The van der Waals surface area contributed by atoms with Crippen molar-refractivity contribution in [2.45, 2.75) is 58.7 Å². The molecule has 0 saturated carbocycles. The summed E-state index contributed by atoms with van der Waals surface area (Å²) in [5.74, 6) is 0.317. The van der Waals surface area contributed by atoms with Crippen molar-refractivity contribution in [3.63, 3.8) is 0 Å². The van der Waals surface area contributed by atoms with E-state index in [9.17, 15) is 14.4 Å². The second-order valence-corrected chi connectivity index (χ2v) is 8.11. The molecule has 0 radical (unpaired) electrons. The summed E-state index contributed by atoms with van der Waals surface area (Å²) < 4.78 is 0. The van der Waals surface area contributed by atoms with Crippen LogP contribution in [0.15, 0.2) is 30.3 Å². The van der Waals surface area contributed by atoms with Crippen molar-refractivity contribution >= 4 is 18.2 Å². The van der Waals surface area contributed by atoms with Gasteiger partial charge in [-0.15, -0.1) is 0 Å². The zero-order valence-electron chi connectivity index (χ0n) is 17.7. The Bertz CT molecular complexity index is 677. The first-order valence-electron chi connectivity index (χ1n) is 10.1. The summed E-state index contributed by atoms with van der Waals surface area (Å²) in [7, 11) is 1.68. The molecular weight excluding hydrogens is 354 g/mol. The van der Waals surface area contributed by atoms with E-state index in [0.29, 0.717) is 25.9 Å². The molecule has 1 aromatic rings. The minimum Gasteiger partial charge on any atom is -0.336 e. The number of nitrogens with zero attached hydrogens (tertiary/aromatic N) is 3. The van der Waals surface area contributed by atoms with Gasteiger partial charge in [0.1, 0.15) is 12.2 Å². The van der Waals surface area contributed by atoms with Gasteiger partial charge in [-0.2, -0.15) is 0 Å². The van der Waals surface area contributed by atoms with Crippen LogP contribution in [0, 0.1) is 5.92 Å². The van der Waals surface area contributed by atoms with Gasteiger partial charge in [-0.1, -0.05) is 58.0 Å². The van der Waals surface area contributed by atoms with E-state index in [-0.39, 0.29) is 23.7 Å². The average Bonchev–Trinajstić information content (AvgIpc) is 2.69. The van der Waals surface area contributed by atoms with E-state index in [1.165, 1.54) is 10.5 Å². The zero-order chi connectivity index (χ0) is 20.8. The summed E-state index contributed by atoms with van der Waals surface area (Å²) in [5, 5.41) is 0. The smallest absolute Gasteiger partial charge is 0.245 e. The molecule has 0 spiro atoms. The summed E-state index contributed by atoms with van der Waals surface area (Å²) in [5.41, 5.74) is 1.17. The fourth-order valence-electron chi connectivity index (χ4n) is 3.87. The van der Waals surface area contributed by atoms with Crippen LogP contribution in [-0.4, -0.2) is 65.3 Å². The summed E-state index contributed by atoms with van der Waals surface area (Å²) in [4.78, 5) is 42.5. The molecule has 0 aromatic heterocycles. The maximum atomic E-state index is 13.3. The van der Waals surface area contributed by atoms with Crippen LogP contribution < -0.4 is 0 Å². The Morgan fingerprint density at radius 1 is 1.25 bits per heavy atom. The van der Waals surface area contributed by atoms with Crippen molar-refractivity contribution in [1.82, 2.24) is 14.7 Å². The Morgan fingerprint density at radius 2 is 1.89 bits per heavy atom. The second-order valence-electron chi connectivity index (χ2n) is 8.11. The van der Waals surface area contributed by atoms with Crippen molar-refractivity contribution in [2.75, 3.05) is 20.1 Å². The number of hydrogen-bond donors (Lipinski definition) is 0. The zero-order valence-corrected chi connectivity index (χ0v) is 17.7. The van der Waals surface area contributed by atoms with Crippen LogP contribution >= 0.6 is 0 Å². The Kier molecular flexibility index (Phi) is 7.61. The van der Waals surface area contributed by atoms with Gasteiger partial charge in [-0.25, -0.2) is 0 Å². The van der Waals surface area contributed by atoms with Crippen LogP contribution in [0.1, 0.15) is 52.0 Å². The Morgan fingerprint density at radius 3 is 2.43 bits per heavy atom. The van der Waals surface area contributed by atoms with Gasteiger partial charge in [-0.3, -0.25) is 14.4 Å². The molecule has 1 fully saturated rings. The van der Waals surface area contributed by atoms with Gasteiger partial charge in [0.2, 0.25) is 18.2 Å². The first-order valence-corrected chi connectivity index (χ1v) is 10.1. The molecule has 1 aromatic carbocycles. The van der Waals surface area contributed by atoms with E-state index in [0.717, 1.165) is 6.41 Å². The lowest BCUT2D eigenvalue weighted by Gasteiger charge is -2.49. The number of carbonyl (C=O) groups excluding carboxylic acids is 3. The summed E-state index contributed by atoms with van der Waals surface area (Å²) in [6, 6.07) is 9.56. The Labute approximate surface area is 168 Å². The maximum Gasteiger partial charge on any atom is 0.245 e. The van der Waals surface area contributed by atoms with Crippen LogP contribution in [-0.2, 0) is 14.4 Å². The number of carbonyl (C=O) groups is 3. The number of amides is 3. The molecule has 0 aliphatic carbocycles. The van der Waals surface area contributed by atoms with Gasteiger partial charge in [0.05, 0.1) is 6.54 Å². The number of hydrogen-bond acceptors (Lipinski definition) is 3. The van der Waals surface area contributed by atoms with E-state index >= 15 is 0 Å². The van der Waals surface area contributed by atoms with E-state index in [1.807, 2.05) is 36.9 Å². The molecule has 3 atom stereocenters. The van der Waals surface area contributed by atoms with E-state index in [4.69, 9.17) is 0 Å². The molecule has 1 heterocycles. The first-order chi connectivity index (χ1) is 13.3. The largest absolute Gasteiger partial charge is 0.336 e. The number of benzene rings is 1. The Hall–Kier alpha value is -2.37. The summed E-state index contributed by atoms with van der Waals surface area (Å²) in [6.45, 7) is 8.89. The van der Waals surface area contributed by atoms with E-state index in [2.05, 4.69) is 19.1 Å². The molecule has 1 aliphatic heterocycles. The molecule has 154 valence electrons. The SMILES string of the molecule is CCC(=O)N1C(N(C)C=O)CN(CC(C)c2ccccc2)C(=O)[C@@H]1CC(C)C. The van der Waals surface area contributed by atoms with Crippen molar-refractivity contribution in [2.24, 2.45) is 5.92 Å². The van der Waals surface area contributed by atoms with E-state index < -0.39 is 12.2 Å².